The molecule has 0 radical (unpaired) electrons. The molecule has 0 fully saturated rings. The highest BCUT2D eigenvalue weighted by atomic mass is 32.2. The molecule has 2 aromatic carbocycles. The fraction of sp³-hybridized carbons (Fsp3) is 0.0952. The first-order valence-electron chi connectivity index (χ1n) is 8.17. The summed E-state index contributed by atoms with van der Waals surface area (Å²) in [7, 11) is -4.73. The number of hydrogen-bond donors (Lipinski definition) is 0. The SMILES string of the molecule is CC1=CC(=C(c2ccc([O-])c(C)c2)c2ccccc2S(=O)(=O)[O-])C=CC1=O. The van der Waals surface area contributed by atoms with Crippen molar-refractivity contribution in [3.8, 4) is 5.75 Å². The van der Waals surface area contributed by atoms with E-state index in [-0.39, 0.29) is 22.0 Å². The molecule has 0 spiro atoms. The number of carbonyl (C=O) groups excluding carboxylic acids is 1. The Kier molecular flexibility index (Phi) is 4.87. The lowest BCUT2D eigenvalue weighted by Crippen LogP contribution is -2.07. The molecule has 0 unspecified atom stereocenters. The van der Waals surface area contributed by atoms with Crippen LogP contribution in [0.15, 0.2) is 76.7 Å². The molecular formula is C21H16O5S-2. The van der Waals surface area contributed by atoms with Crippen LogP contribution in [0, 0.1) is 6.92 Å². The zero-order valence-electron chi connectivity index (χ0n) is 14.7. The Morgan fingerprint density at radius 3 is 2.33 bits per heavy atom. The van der Waals surface area contributed by atoms with Gasteiger partial charge < -0.3 is 9.66 Å². The molecule has 0 bridgehead atoms. The van der Waals surface area contributed by atoms with Crippen molar-refractivity contribution in [3.05, 3.63) is 88.5 Å². The van der Waals surface area contributed by atoms with Gasteiger partial charge in [0.15, 0.2) is 5.78 Å². The average Bonchev–Trinajstić information content (AvgIpc) is 2.61. The summed E-state index contributed by atoms with van der Waals surface area (Å²) in [4.78, 5) is 11.4. The van der Waals surface area contributed by atoms with Crippen LogP contribution in [0.5, 0.6) is 5.75 Å². The molecule has 3 rings (SSSR count). The first-order chi connectivity index (χ1) is 12.7. The molecule has 6 heteroatoms. The van der Waals surface area contributed by atoms with Gasteiger partial charge in [-0.2, -0.15) is 0 Å². The fourth-order valence-corrected chi connectivity index (χ4v) is 3.66. The molecule has 0 amide bonds. The van der Waals surface area contributed by atoms with Crippen molar-refractivity contribution >= 4 is 21.5 Å². The van der Waals surface area contributed by atoms with E-state index < -0.39 is 10.1 Å². The lowest BCUT2D eigenvalue weighted by Gasteiger charge is -2.20. The highest BCUT2D eigenvalue weighted by Crippen LogP contribution is 2.35. The topological polar surface area (TPSA) is 97.3 Å². The third kappa shape index (κ3) is 3.77. The third-order valence-electron chi connectivity index (χ3n) is 4.35. The van der Waals surface area contributed by atoms with Crippen molar-refractivity contribution < 1.29 is 22.9 Å². The molecule has 5 nitrogen and oxygen atoms in total. The van der Waals surface area contributed by atoms with Gasteiger partial charge in [0.1, 0.15) is 10.1 Å². The van der Waals surface area contributed by atoms with Gasteiger partial charge in [-0.3, -0.25) is 4.79 Å². The smallest absolute Gasteiger partial charge is 0.181 e. The fourth-order valence-electron chi connectivity index (χ4n) is 2.98. The van der Waals surface area contributed by atoms with E-state index in [1.54, 1.807) is 50.3 Å². The minimum Gasteiger partial charge on any atom is -0.872 e. The number of aryl methyl sites for hydroxylation is 1. The van der Waals surface area contributed by atoms with Crippen molar-refractivity contribution in [1.29, 1.82) is 0 Å². The van der Waals surface area contributed by atoms with E-state index in [2.05, 4.69) is 0 Å². The number of hydrogen-bond acceptors (Lipinski definition) is 5. The second kappa shape index (κ2) is 6.98. The summed E-state index contributed by atoms with van der Waals surface area (Å²) in [5.41, 5.74) is 2.84. The van der Waals surface area contributed by atoms with E-state index in [0.717, 1.165) is 0 Å². The van der Waals surface area contributed by atoms with E-state index in [4.69, 9.17) is 0 Å². The van der Waals surface area contributed by atoms with Crippen LogP contribution in [-0.4, -0.2) is 18.8 Å². The van der Waals surface area contributed by atoms with E-state index in [9.17, 15) is 22.9 Å². The van der Waals surface area contributed by atoms with Crippen molar-refractivity contribution in [2.45, 2.75) is 18.7 Å². The van der Waals surface area contributed by atoms with Gasteiger partial charge in [0, 0.05) is 5.56 Å². The molecule has 0 atom stereocenters. The zero-order valence-corrected chi connectivity index (χ0v) is 15.5. The Morgan fingerprint density at radius 2 is 1.70 bits per heavy atom. The summed E-state index contributed by atoms with van der Waals surface area (Å²) in [6.07, 6.45) is 4.62. The Morgan fingerprint density at radius 1 is 1.00 bits per heavy atom. The summed E-state index contributed by atoms with van der Waals surface area (Å²) in [6, 6.07) is 10.5. The third-order valence-corrected chi connectivity index (χ3v) is 5.25. The maximum absolute atomic E-state index is 11.8. The number of ketones is 1. The molecule has 1 aliphatic rings. The predicted molar refractivity (Wildman–Crippen MR) is 99.0 cm³/mol. The minimum atomic E-state index is -4.73. The highest BCUT2D eigenvalue weighted by Gasteiger charge is 2.19. The Balaban J connectivity index is 2.40. The molecule has 2 aromatic rings. The van der Waals surface area contributed by atoms with Crippen molar-refractivity contribution in [2.75, 3.05) is 0 Å². The van der Waals surface area contributed by atoms with Gasteiger partial charge in [0.25, 0.3) is 0 Å². The van der Waals surface area contributed by atoms with Crippen molar-refractivity contribution in [1.82, 2.24) is 0 Å². The summed E-state index contributed by atoms with van der Waals surface area (Å²) in [5.74, 6) is -0.289. The van der Waals surface area contributed by atoms with Crippen LogP contribution in [-0.2, 0) is 14.9 Å². The summed E-state index contributed by atoms with van der Waals surface area (Å²) >= 11 is 0. The van der Waals surface area contributed by atoms with E-state index >= 15 is 0 Å². The van der Waals surface area contributed by atoms with Crippen molar-refractivity contribution in [2.24, 2.45) is 0 Å². The van der Waals surface area contributed by atoms with Crippen LogP contribution in [0.1, 0.15) is 23.6 Å². The van der Waals surface area contributed by atoms with Gasteiger partial charge in [-0.15, -0.1) is 5.75 Å². The lowest BCUT2D eigenvalue weighted by molar-refractivity contribution is -0.269. The quantitative estimate of drug-likeness (QED) is 0.763. The average molecular weight is 380 g/mol. The predicted octanol–water partition coefficient (Wildman–Crippen LogP) is 2.86. The lowest BCUT2D eigenvalue weighted by atomic mass is 9.88. The first-order valence-corrected chi connectivity index (χ1v) is 9.57. The maximum Gasteiger partial charge on any atom is 0.181 e. The summed E-state index contributed by atoms with van der Waals surface area (Å²) in [6.45, 7) is 3.32. The maximum atomic E-state index is 11.8. The Hall–Kier alpha value is -2.96. The summed E-state index contributed by atoms with van der Waals surface area (Å²) in [5, 5.41) is 11.8. The van der Waals surface area contributed by atoms with Gasteiger partial charge in [-0.1, -0.05) is 48.0 Å². The van der Waals surface area contributed by atoms with Crippen LogP contribution in [0.4, 0.5) is 0 Å². The molecule has 0 heterocycles. The first kappa shape index (κ1) is 18.8. The van der Waals surface area contributed by atoms with Gasteiger partial charge in [0.2, 0.25) is 0 Å². The van der Waals surface area contributed by atoms with Crippen molar-refractivity contribution in [3.63, 3.8) is 0 Å². The monoisotopic (exact) mass is 380 g/mol. The molecule has 0 saturated heterocycles. The molecule has 0 N–H and O–H groups in total. The van der Waals surface area contributed by atoms with Gasteiger partial charge in [-0.05, 0) is 54.3 Å². The Labute approximate surface area is 157 Å². The zero-order chi connectivity index (χ0) is 19.8. The van der Waals surface area contributed by atoms with Crippen LogP contribution in [0.2, 0.25) is 0 Å². The molecule has 0 saturated carbocycles. The number of carbonyl (C=O) groups is 1. The Bertz CT molecular complexity index is 1130. The van der Waals surface area contributed by atoms with Crippen LogP contribution < -0.4 is 5.11 Å². The second-order valence-electron chi connectivity index (χ2n) is 6.29. The molecule has 138 valence electrons. The van der Waals surface area contributed by atoms with E-state index in [1.165, 1.54) is 24.3 Å². The molecule has 0 aromatic heterocycles. The number of allylic oxidation sites excluding steroid dienone is 5. The second-order valence-corrected chi connectivity index (χ2v) is 7.63. The van der Waals surface area contributed by atoms with Gasteiger partial charge in [0.05, 0.1) is 4.90 Å². The van der Waals surface area contributed by atoms with Crippen LogP contribution in [0.3, 0.4) is 0 Å². The number of benzene rings is 2. The van der Waals surface area contributed by atoms with E-state index in [0.29, 0.717) is 27.8 Å². The molecular weight excluding hydrogens is 364 g/mol. The standard InChI is InChI=1S/C21H18O5S/c1-13-11-15(7-9-18(13)22)21(16-8-10-19(23)14(2)12-16)17-5-3-4-6-20(17)27(24,25)26/h3-12,22H,1-2H3,(H,24,25,26)/p-2. The normalized spacial score (nSPS) is 16.3. The summed E-state index contributed by atoms with van der Waals surface area (Å²) < 4.78 is 35.4. The van der Waals surface area contributed by atoms with Crippen LogP contribution in [0.25, 0.3) is 5.57 Å². The number of rotatable bonds is 3. The van der Waals surface area contributed by atoms with Crippen LogP contribution >= 0.6 is 0 Å². The minimum absolute atomic E-state index is 0.145. The molecule has 1 aliphatic carbocycles. The van der Waals surface area contributed by atoms with E-state index in [1.807, 2.05) is 0 Å². The highest BCUT2D eigenvalue weighted by molar-refractivity contribution is 7.85. The molecule has 0 aliphatic heterocycles. The molecule has 27 heavy (non-hydrogen) atoms. The van der Waals surface area contributed by atoms with Gasteiger partial charge >= 0.3 is 0 Å². The van der Waals surface area contributed by atoms with Gasteiger partial charge in [-0.25, -0.2) is 8.42 Å². The largest absolute Gasteiger partial charge is 0.872 e.